The summed E-state index contributed by atoms with van der Waals surface area (Å²) in [6.07, 6.45) is 0. The van der Waals surface area contributed by atoms with Gasteiger partial charge in [0.1, 0.15) is 0 Å². The molecule has 2 aromatic heterocycles. The van der Waals surface area contributed by atoms with E-state index in [-0.39, 0.29) is 0 Å². The second-order valence-corrected chi connectivity index (χ2v) is 20.7. The quantitative estimate of drug-likeness (QED) is 0.175. The van der Waals surface area contributed by atoms with Gasteiger partial charge in [-0.2, -0.15) is 0 Å². The largest absolute Gasteiger partial charge is 0.309 e. The van der Waals surface area contributed by atoms with Crippen molar-refractivity contribution in [1.29, 1.82) is 0 Å². The van der Waals surface area contributed by atoms with Crippen LogP contribution in [0.5, 0.6) is 0 Å². The molecule has 0 bridgehead atoms. The summed E-state index contributed by atoms with van der Waals surface area (Å²) in [6.45, 7) is 8.79. The van der Waals surface area contributed by atoms with Crippen molar-refractivity contribution >= 4 is 112 Å². The fraction of sp³-hybridized carbons (Fsp3) is 0.0645. The Balaban J connectivity index is 1.01. The monoisotopic (exact) mass is 908 g/mol. The Kier molecular flexibility index (Phi) is 8.68. The maximum Gasteiger partial charge on any atom is 0.0623 e. The van der Waals surface area contributed by atoms with E-state index < -0.39 is 0 Å². The predicted molar refractivity (Wildman–Crippen MR) is 289 cm³/mol. The topological polar surface area (TPSA) is 16.3 Å². The molecule has 0 saturated carbocycles. The lowest BCUT2D eigenvalue weighted by Gasteiger charge is -2.35. The van der Waals surface area contributed by atoms with Gasteiger partial charge in [0.15, 0.2) is 0 Å². The number of fused-ring (bicyclic) bond motifs is 11. The van der Waals surface area contributed by atoms with Crippen molar-refractivity contribution in [1.82, 2.24) is 9.13 Å². The standard InChI is InChI=1S/C62H44N4S2/c1-37-27-38(2)30-41(29-37)63-49-19-7-5-15-45(49)47-33-61-57(35-55(47)63)65(53-21-9-11-25-59(53)67-61)51-23-13-18-44-43(51)17-14-24-52(44)66-54-22-10-12-26-60(54)68-62-34-48-46-16-6-8-20-50(46)64(56(48)36-58(62)66)42-31-39(3)28-40(4)32-42/h5-36H,1-4H3. The molecule has 4 heterocycles. The summed E-state index contributed by atoms with van der Waals surface area (Å²) in [5, 5.41) is 7.42. The zero-order valence-electron chi connectivity index (χ0n) is 38.1. The molecule has 0 radical (unpaired) electrons. The minimum atomic E-state index is 1.15. The lowest BCUT2D eigenvalue weighted by atomic mass is 10.0. The van der Waals surface area contributed by atoms with E-state index in [0.29, 0.717) is 0 Å². The highest BCUT2D eigenvalue weighted by Crippen LogP contribution is 2.57. The first-order valence-corrected chi connectivity index (χ1v) is 25.0. The molecule has 2 aliphatic heterocycles. The SMILES string of the molecule is Cc1cc(C)cc(-n2c3ccccc3c3cc4c(cc32)N(c2cccc3c(N5c6ccccc6Sc6cc7c8ccccc8n(-c8cc(C)cc(C)c8)c7cc65)cccc23)c2ccccc2S4)c1. The summed E-state index contributed by atoms with van der Waals surface area (Å²) in [5.74, 6) is 0. The van der Waals surface area contributed by atoms with Gasteiger partial charge >= 0.3 is 0 Å². The lowest BCUT2D eigenvalue weighted by molar-refractivity contribution is 1.14. The number of aromatic nitrogens is 2. The van der Waals surface area contributed by atoms with Crippen LogP contribution < -0.4 is 9.80 Å². The molecule has 0 atom stereocenters. The van der Waals surface area contributed by atoms with E-state index in [1.54, 1.807) is 0 Å². The third-order valence-electron chi connectivity index (χ3n) is 13.9. The van der Waals surface area contributed by atoms with Gasteiger partial charge in [-0.15, -0.1) is 0 Å². The highest BCUT2D eigenvalue weighted by Gasteiger charge is 2.31. The Bertz CT molecular complexity index is 3810. The van der Waals surface area contributed by atoms with Gasteiger partial charge < -0.3 is 18.9 Å². The van der Waals surface area contributed by atoms with Crippen molar-refractivity contribution in [3.63, 3.8) is 0 Å². The molecule has 14 rings (SSSR count). The summed E-state index contributed by atoms with van der Waals surface area (Å²) in [6, 6.07) is 72.9. The van der Waals surface area contributed by atoms with E-state index in [1.807, 2.05) is 23.5 Å². The fourth-order valence-corrected chi connectivity index (χ4v) is 13.5. The molecule has 68 heavy (non-hydrogen) atoms. The van der Waals surface area contributed by atoms with Crippen molar-refractivity contribution in [2.75, 3.05) is 9.80 Å². The Morgan fingerprint density at radius 3 is 1.07 bits per heavy atom. The van der Waals surface area contributed by atoms with Crippen LogP contribution in [0, 0.1) is 27.7 Å². The number of nitrogens with zero attached hydrogens (tertiary/aromatic N) is 4. The fourth-order valence-electron chi connectivity index (χ4n) is 11.3. The minimum absolute atomic E-state index is 1.15. The van der Waals surface area contributed by atoms with Crippen LogP contribution in [0.25, 0.3) is 65.8 Å². The lowest BCUT2D eigenvalue weighted by Crippen LogP contribution is -2.17. The molecule has 10 aromatic carbocycles. The molecular formula is C62H44N4S2. The Morgan fingerprint density at radius 2 is 0.632 bits per heavy atom. The van der Waals surface area contributed by atoms with Gasteiger partial charge in [-0.1, -0.05) is 121 Å². The van der Waals surface area contributed by atoms with Crippen LogP contribution in [0.3, 0.4) is 0 Å². The minimum Gasteiger partial charge on any atom is -0.309 e. The van der Waals surface area contributed by atoms with Crippen molar-refractivity contribution in [3.8, 4) is 11.4 Å². The second kappa shape index (κ2) is 14.9. The Morgan fingerprint density at radius 1 is 0.265 bits per heavy atom. The number of anilines is 6. The molecular weight excluding hydrogens is 865 g/mol. The first kappa shape index (κ1) is 39.5. The van der Waals surface area contributed by atoms with Gasteiger partial charge in [0, 0.05) is 63.3 Å². The molecule has 0 unspecified atom stereocenters. The third-order valence-corrected chi connectivity index (χ3v) is 16.2. The van der Waals surface area contributed by atoms with Crippen molar-refractivity contribution in [2.45, 2.75) is 47.3 Å². The molecule has 12 aromatic rings. The zero-order chi connectivity index (χ0) is 45.4. The van der Waals surface area contributed by atoms with Crippen LogP contribution in [0.4, 0.5) is 34.1 Å². The second-order valence-electron chi connectivity index (χ2n) is 18.5. The molecule has 0 spiro atoms. The molecule has 4 nitrogen and oxygen atoms in total. The van der Waals surface area contributed by atoms with Crippen molar-refractivity contribution in [3.05, 3.63) is 216 Å². The maximum atomic E-state index is 2.52. The molecule has 2 aliphatic rings. The van der Waals surface area contributed by atoms with E-state index in [9.17, 15) is 0 Å². The highest BCUT2D eigenvalue weighted by atomic mass is 32.2. The number of para-hydroxylation sites is 4. The molecule has 0 amide bonds. The van der Waals surface area contributed by atoms with Gasteiger partial charge in [0.05, 0.1) is 56.2 Å². The highest BCUT2D eigenvalue weighted by molar-refractivity contribution is 8.00. The third kappa shape index (κ3) is 5.90. The number of hydrogen-bond acceptors (Lipinski definition) is 4. The summed E-state index contributed by atoms with van der Waals surface area (Å²) < 4.78 is 4.94. The summed E-state index contributed by atoms with van der Waals surface area (Å²) in [4.78, 5) is 10.0. The maximum absolute atomic E-state index is 2.52. The summed E-state index contributed by atoms with van der Waals surface area (Å²) in [7, 11) is 0. The van der Waals surface area contributed by atoms with Crippen LogP contribution in [0.2, 0.25) is 0 Å². The van der Waals surface area contributed by atoms with E-state index in [4.69, 9.17) is 0 Å². The van der Waals surface area contributed by atoms with Crippen LogP contribution >= 0.6 is 23.5 Å². The smallest absolute Gasteiger partial charge is 0.0623 e. The van der Waals surface area contributed by atoms with E-state index in [1.165, 1.54) is 130 Å². The average Bonchev–Trinajstić information content (AvgIpc) is 3.84. The number of benzene rings is 10. The normalized spacial score (nSPS) is 13.1. The molecule has 324 valence electrons. The summed E-state index contributed by atoms with van der Waals surface area (Å²) in [5.41, 5.74) is 19.2. The van der Waals surface area contributed by atoms with Gasteiger partial charge in [-0.25, -0.2) is 0 Å². The number of aryl methyl sites for hydroxylation is 4. The molecule has 0 aliphatic carbocycles. The van der Waals surface area contributed by atoms with E-state index in [2.05, 4.69) is 241 Å². The van der Waals surface area contributed by atoms with Crippen molar-refractivity contribution in [2.24, 2.45) is 0 Å². The first-order valence-electron chi connectivity index (χ1n) is 23.3. The number of rotatable bonds is 4. The first-order chi connectivity index (χ1) is 33.3. The molecule has 0 saturated heterocycles. The molecule has 0 N–H and O–H groups in total. The molecule has 6 heteroatoms. The van der Waals surface area contributed by atoms with Crippen LogP contribution in [0.1, 0.15) is 22.3 Å². The van der Waals surface area contributed by atoms with Gasteiger partial charge in [0.2, 0.25) is 0 Å². The average molecular weight is 909 g/mol. The van der Waals surface area contributed by atoms with Crippen LogP contribution in [-0.2, 0) is 0 Å². The predicted octanol–water partition coefficient (Wildman–Crippen LogP) is 18.1. The number of hydrogen-bond donors (Lipinski definition) is 0. The van der Waals surface area contributed by atoms with Crippen LogP contribution in [-0.4, -0.2) is 9.13 Å². The zero-order valence-corrected chi connectivity index (χ0v) is 39.7. The van der Waals surface area contributed by atoms with Crippen molar-refractivity contribution < 1.29 is 0 Å². The summed E-state index contributed by atoms with van der Waals surface area (Å²) >= 11 is 3.74. The van der Waals surface area contributed by atoms with Gasteiger partial charge in [-0.3, -0.25) is 0 Å². The Hall–Kier alpha value is -7.64. The van der Waals surface area contributed by atoms with Gasteiger partial charge in [0.25, 0.3) is 0 Å². The van der Waals surface area contributed by atoms with E-state index in [0.717, 1.165) is 11.4 Å². The van der Waals surface area contributed by atoms with Gasteiger partial charge in [-0.05, 0) is 147 Å². The molecule has 0 fully saturated rings. The van der Waals surface area contributed by atoms with E-state index >= 15 is 0 Å². The Labute approximate surface area is 403 Å². The van der Waals surface area contributed by atoms with Crippen LogP contribution in [0.15, 0.2) is 214 Å².